The molecular weight excluding hydrogens is 392 g/mol. The lowest BCUT2D eigenvalue weighted by Crippen LogP contribution is -2.39. The normalized spacial score (nSPS) is 34.7. The van der Waals surface area contributed by atoms with Crippen molar-refractivity contribution in [2.24, 2.45) is 23.7 Å². The molecule has 6 atom stereocenters. The van der Waals surface area contributed by atoms with Crippen LogP contribution in [0, 0.1) is 23.7 Å². The van der Waals surface area contributed by atoms with E-state index in [0.717, 1.165) is 6.42 Å². The Kier molecular flexibility index (Phi) is 4.06. The van der Waals surface area contributed by atoms with Gasteiger partial charge >= 0.3 is 11.9 Å². The summed E-state index contributed by atoms with van der Waals surface area (Å²) >= 11 is 3.55. The Morgan fingerprint density at radius 1 is 1.24 bits per heavy atom. The second-order valence-electron chi connectivity index (χ2n) is 6.72. The number of benzene rings is 1. The Bertz CT molecular complexity index is 730. The minimum Gasteiger partial charge on any atom is -0.497 e. The van der Waals surface area contributed by atoms with Crippen LogP contribution < -0.4 is 4.74 Å². The molecule has 1 aromatic carbocycles. The Morgan fingerprint density at radius 3 is 2.64 bits per heavy atom. The van der Waals surface area contributed by atoms with Crippen molar-refractivity contribution in [2.45, 2.75) is 17.4 Å². The maximum absolute atomic E-state index is 12.5. The smallest absolute Gasteiger partial charge is 0.310 e. The molecule has 0 N–H and O–H groups in total. The largest absolute Gasteiger partial charge is 0.497 e. The highest BCUT2D eigenvalue weighted by Gasteiger charge is 2.68. The fraction of sp³-hybridized carbons (Fsp3) is 0.500. The van der Waals surface area contributed by atoms with E-state index in [1.54, 1.807) is 31.4 Å². The second kappa shape index (κ2) is 6.12. The molecule has 0 unspecified atom stereocenters. The zero-order valence-electron chi connectivity index (χ0n) is 13.5. The number of ketones is 1. The van der Waals surface area contributed by atoms with E-state index in [1.165, 1.54) is 0 Å². The average molecular weight is 409 g/mol. The van der Waals surface area contributed by atoms with E-state index in [9.17, 15) is 14.4 Å². The van der Waals surface area contributed by atoms with E-state index in [4.69, 9.17) is 14.2 Å². The topological polar surface area (TPSA) is 78.9 Å². The van der Waals surface area contributed by atoms with E-state index < -0.39 is 17.8 Å². The first-order valence-corrected chi connectivity index (χ1v) is 9.11. The molecule has 132 valence electrons. The van der Waals surface area contributed by atoms with Crippen LogP contribution in [0.25, 0.3) is 0 Å². The minimum absolute atomic E-state index is 0.0185. The van der Waals surface area contributed by atoms with E-state index in [0.29, 0.717) is 11.3 Å². The van der Waals surface area contributed by atoms with Gasteiger partial charge < -0.3 is 14.2 Å². The van der Waals surface area contributed by atoms with Crippen molar-refractivity contribution in [1.82, 2.24) is 0 Å². The molecule has 2 bridgehead atoms. The molecule has 3 aliphatic rings. The number of Topliss-reactive ketones (excluding diaryl/α,β-unsaturated/α-hetero) is 1. The fourth-order valence-corrected chi connectivity index (χ4v) is 5.43. The van der Waals surface area contributed by atoms with Gasteiger partial charge in [-0.25, -0.2) is 0 Å². The van der Waals surface area contributed by atoms with Gasteiger partial charge in [-0.05, 0) is 36.6 Å². The molecule has 0 amide bonds. The molecule has 1 aliphatic heterocycles. The van der Waals surface area contributed by atoms with E-state index in [-0.39, 0.29) is 41.1 Å². The Labute approximate surface area is 152 Å². The van der Waals surface area contributed by atoms with Gasteiger partial charge in [-0.3, -0.25) is 14.4 Å². The van der Waals surface area contributed by atoms with Gasteiger partial charge in [0.05, 0.1) is 23.8 Å². The molecule has 7 heteroatoms. The minimum atomic E-state index is -0.524. The number of carbonyl (C=O) groups is 3. The molecule has 25 heavy (non-hydrogen) atoms. The third kappa shape index (κ3) is 2.56. The monoisotopic (exact) mass is 408 g/mol. The van der Waals surface area contributed by atoms with Crippen LogP contribution in [0.3, 0.4) is 0 Å². The van der Waals surface area contributed by atoms with Gasteiger partial charge in [0.15, 0.2) is 12.4 Å². The Hall–Kier alpha value is -1.89. The molecule has 0 radical (unpaired) electrons. The third-order valence-electron chi connectivity index (χ3n) is 5.55. The summed E-state index contributed by atoms with van der Waals surface area (Å²) in [6.07, 6.45) is 0.649. The van der Waals surface area contributed by atoms with Crippen molar-refractivity contribution in [2.75, 3.05) is 13.7 Å². The summed E-state index contributed by atoms with van der Waals surface area (Å²) in [5.41, 5.74) is 0.445. The van der Waals surface area contributed by atoms with E-state index in [2.05, 4.69) is 15.9 Å². The van der Waals surface area contributed by atoms with Gasteiger partial charge in [0.1, 0.15) is 11.9 Å². The average Bonchev–Trinajstić information content (AvgIpc) is 3.23. The maximum Gasteiger partial charge on any atom is 0.310 e. The van der Waals surface area contributed by atoms with Crippen LogP contribution in [-0.4, -0.2) is 42.4 Å². The number of hydrogen-bond donors (Lipinski definition) is 0. The molecule has 1 saturated heterocycles. The van der Waals surface area contributed by atoms with Crippen LogP contribution in [-0.2, 0) is 19.1 Å². The molecule has 2 saturated carbocycles. The summed E-state index contributed by atoms with van der Waals surface area (Å²) in [6, 6.07) is 6.60. The lowest BCUT2D eigenvalue weighted by Gasteiger charge is -2.26. The van der Waals surface area contributed by atoms with Gasteiger partial charge in [0, 0.05) is 11.5 Å². The van der Waals surface area contributed by atoms with Crippen LogP contribution in [0.5, 0.6) is 5.75 Å². The van der Waals surface area contributed by atoms with Crippen molar-refractivity contribution < 1.29 is 28.6 Å². The first-order valence-electron chi connectivity index (χ1n) is 8.19. The van der Waals surface area contributed by atoms with Gasteiger partial charge in [0.25, 0.3) is 0 Å². The molecule has 6 nitrogen and oxygen atoms in total. The number of fused-ring (bicyclic) bond motifs is 1. The predicted octanol–water partition coefficient (Wildman–Crippen LogP) is 1.99. The third-order valence-corrected chi connectivity index (χ3v) is 6.75. The number of hydrogen-bond acceptors (Lipinski definition) is 6. The predicted molar refractivity (Wildman–Crippen MR) is 89.5 cm³/mol. The number of methoxy groups -OCH3 is 1. The second-order valence-corrected chi connectivity index (χ2v) is 7.78. The zero-order valence-corrected chi connectivity index (χ0v) is 15.1. The number of esters is 2. The zero-order chi connectivity index (χ0) is 17.7. The summed E-state index contributed by atoms with van der Waals surface area (Å²) in [5.74, 6) is -1.29. The molecule has 3 fully saturated rings. The summed E-state index contributed by atoms with van der Waals surface area (Å²) in [4.78, 5) is 36.7. The first kappa shape index (κ1) is 16.6. The molecule has 0 spiro atoms. The van der Waals surface area contributed by atoms with Crippen molar-refractivity contribution >= 4 is 33.7 Å². The van der Waals surface area contributed by atoms with E-state index >= 15 is 0 Å². The number of alkyl halides is 1. The molecule has 0 aromatic heterocycles. The number of carbonyl (C=O) groups excluding carboxylic acids is 3. The molecular formula is C18H17BrO6. The summed E-state index contributed by atoms with van der Waals surface area (Å²) in [6.45, 7) is -0.336. The van der Waals surface area contributed by atoms with Crippen LogP contribution >= 0.6 is 15.9 Å². The highest BCUT2D eigenvalue weighted by Crippen LogP contribution is 2.60. The lowest BCUT2D eigenvalue weighted by molar-refractivity contribution is -0.154. The maximum atomic E-state index is 12.5. The summed E-state index contributed by atoms with van der Waals surface area (Å²) < 4.78 is 15.7. The SMILES string of the molecule is COc1ccc(C(=O)COC(=O)[C@H]2[C@H]3C[C@H]4[C@H](OC(=O)[C@@H]42)[C@@H]3Br)cc1. The van der Waals surface area contributed by atoms with Crippen LogP contribution in [0.1, 0.15) is 16.8 Å². The first-order chi connectivity index (χ1) is 12.0. The van der Waals surface area contributed by atoms with Gasteiger partial charge in [-0.2, -0.15) is 0 Å². The number of ether oxygens (including phenoxy) is 3. The molecule has 2 aliphatic carbocycles. The molecule has 1 aromatic rings. The quantitative estimate of drug-likeness (QED) is 0.421. The Morgan fingerprint density at radius 2 is 1.96 bits per heavy atom. The van der Waals surface area contributed by atoms with E-state index in [1.807, 2.05) is 0 Å². The lowest BCUT2D eigenvalue weighted by atomic mass is 9.80. The van der Waals surface area contributed by atoms with Crippen LogP contribution in [0.4, 0.5) is 0 Å². The highest BCUT2D eigenvalue weighted by atomic mass is 79.9. The van der Waals surface area contributed by atoms with Gasteiger partial charge in [0.2, 0.25) is 0 Å². The fourth-order valence-electron chi connectivity index (χ4n) is 4.39. The van der Waals surface area contributed by atoms with Crippen molar-refractivity contribution in [1.29, 1.82) is 0 Å². The summed E-state index contributed by atoms with van der Waals surface area (Å²) in [5, 5.41) is 0. The highest BCUT2D eigenvalue weighted by molar-refractivity contribution is 9.09. The van der Waals surface area contributed by atoms with Gasteiger partial charge in [-0.15, -0.1) is 0 Å². The standard InChI is InChI=1S/C18H17BrO6/c1-23-9-4-2-8(3-5-9)12(20)7-24-17(21)13-10-6-11-14(13)18(22)25-16(11)15(10)19/h2-5,10-11,13-16H,6-7H2,1H3/t10-,11-,13+,14+,15-,16+/m1/s1. The van der Waals surface area contributed by atoms with Crippen LogP contribution in [0.15, 0.2) is 24.3 Å². The number of rotatable bonds is 5. The number of halogens is 1. The van der Waals surface area contributed by atoms with Crippen molar-refractivity contribution in [3.05, 3.63) is 29.8 Å². The molecule has 4 rings (SSSR count). The Balaban J connectivity index is 1.41. The molecule has 1 heterocycles. The van der Waals surface area contributed by atoms with Gasteiger partial charge in [-0.1, -0.05) is 15.9 Å². The summed E-state index contributed by atoms with van der Waals surface area (Å²) in [7, 11) is 1.55. The van der Waals surface area contributed by atoms with Crippen molar-refractivity contribution in [3.63, 3.8) is 0 Å². The van der Waals surface area contributed by atoms with Crippen LogP contribution in [0.2, 0.25) is 0 Å². The van der Waals surface area contributed by atoms with Crippen molar-refractivity contribution in [3.8, 4) is 5.75 Å².